The minimum absolute atomic E-state index is 0.0200. The minimum atomic E-state index is -1.72. The summed E-state index contributed by atoms with van der Waals surface area (Å²) < 4.78 is 45.8. The summed E-state index contributed by atoms with van der Waals surface area (Å²) in [4.78, 5) is 0. The van der Waals surface area contributed by atoms with E-state index in [0.717, 1.165) is 18.2 Å². The number of nitrogens with two attached hydrogens (primary N) is 1. The molecule has 0 amide bonds. The lowest BCUT2D eigenvalue weighted by Crippen LogP contribution is -2.33. The highest BCUT2D eigenvalue weighted by Crippen LogP contribution is 2.26. The molecule has 0 saturated heterocycles. The Labute approximate surface area is 105 Å². The molecule has 0 spiro atoms. The largest absolute Gasteiger partial charge is 0.381 e. The average molecular weight is 261 g/mol. The third-order valence-corrected chi connectivity index (χ3v) is 2.75. The Morgan fingerprint density at radius 2 is 2.06 bits per heavy atom. The fourth-order valence-corrected chi connectivity index (χ4v) is 1.91. The molecule has 1 atom stereocenters. The molecule has 102 valence electrons. The number of hydrogen-bond acceptors (Lipinski definition) is 2. The molecule has 0 aliphatic carbocycles. The van der Waals surface area contributed by atoms with Crippen LogP contribution in [0.3, 0.4) is 0 Å². The maximum atomic E-state index is 14.5. The van der Waals surface area contributed by atoms with E-state index in [1.54, 1.807) is 0 Å². The van der Waals surface area contributed by atoms with Gasteiger partial charge in [0.2, 0.25) is 0 Å². The lowest BCUT2D eigenvalue weighted by Gasteiger charge is -2.24. The van der Waals surface area contributed by atoms with E-state index in [9.17, 15) is 13.2 Å². The first kappa shape index (κ1) is 15.0. The Hall–Kier alpha value is -1.07. The van der Waals surface area contributed by atoms with Gasteiger partial charge in [-0.2, -0.15) is 0 Å². The number of methoxy groups -OCH3 is 1. The van der Waals surface area contributed by atoms with E-state index < -0.39 is 17.3 Å². The fourth-order valence-electron chi connectivity index (χ4n) is 1.91. The second-order valence-corrected chi connectivity index (χ2v) is 4.39. The van der Waals surface area contributed by atoms with Crippen LogP contribution in [-0.4, -0.2) is 25.9 Å². The Balaban J connectivity index is 2.84. The minimum Gasteiger partial charge on any atom is -0.381 e. The van der Waals surface area contributed by atoms with Crippen LogP contribution in [0.2, 0.25) is 0 Å². The van der Waals surface area contributed by atoms with Crippen LogP contribution in [0.4, 0.5) is 13.2 Å². The second-order valence-electron chi connectivity index (χ2n) is 4.39. The average Bonchev–Trinajstić information content (AvgIpc) is 2.32. The van der Waals surface area contributed by atoms with Gasteiger partial charge in [-0.15, -0.1) is 0 Å². The molecule has 0 aliphatic heterocycles. The predicted octanol–water partition coefficient (Wildman–Crippen LogP) is 2.60. The zero-order valence-corrected chi connectivity index (χ0v) is 10.4. The van der Waals surface area contributed by atoms with E-state index in [1.165, 1.54) is 7.11 Å². The highest BCUT2D eigenvalue weighted by Gasteiger charge is 2.30. The zero-order valence-electron chi connectivity index (χ0n) is 10.4. The summed E-state index contributed by atoms with van der Waals surface area (Å²) in [6, 6.07) is 3.03. The molecule has 18 heavy (non-hydrogen) atoms. The molecule has 0 aromatic heterocycles. The van der Waals surface area contributed by atoms with Crippen LogP contribution in [0.15, 0.2) is 18.2 Å². The Morgan fingerprint density at radius 3 is 2.67 bits per heavy atom. The highest BCUT2D eigenvalue weighted by molar-refractivity contribution is 5.20. The van der Waals surface area contributed by atoms with Crippen LogP contribution < -0.4 is 5.73 Å². The second kappa shape index (κ2) is 6.75. The molecule has 0 fully saturated rings. The van der Waals surface area contributed by atoms with Crippen molar-refractivity contribution < 1.29 is 17.9 Å². The van der Waals surface area contributed by atoms with E-state index in [2.05, 4.69) is 0 Å². The van der Waals surface area contributed by atoms with Crippen molar-refractivity contribution in [1.29, 1.82) is 0 Å². The first-order chi connectivity index (χ1) is 8.50. The summed E-state index contributed by atoms with van der Waals surface area (Å²) in [5.41, 5.74) is 3.64. The van der Waals surface area contributed by atoms with Crippen LogP contribution in [0, 0.1) is 11.6 Å². The third-order valence-electron chi connectivity index (χ3n) is 2.75. The molecule has 1 aromatic carbocycles. The molecule has 1 unspecified atom stereocenters. The summed E-state index contributed by atoms with van der Waals surface area (Å²) in [6.45, 7) is 0.184. The van der Waals surface area contributed by atoms with Crippen molar-refractivity contribution in [2.45, 2.75) is 24.9 Å². The van der Waals surface area contributed by atoms with Crippen molar-refractivity contribution in [2.75, 3.05) is 20.3 Å². The summed E-state index contributed by atoms with van der Waals surface area (Å²) in [7, 11) is 1.37. The number of hydrogen-bond donors (Lipinski definition) is 1. The molecule has 2 nitrogen and oxygen atoms in total. The van der Waals surface area contributed by atoms with E-state index in [-0.39, 0.29) is 25.0 Å². The van der Waals surface area contributed by atoms with Crippen LogP contribution >= 0.6 is 0 Å². The molecule has 0 radical (unpaired) electrons. The van der Waals surface area contributed by atoms with Crippen molar-refractivity contribution in [1.82, 2.24) is 0 Å². The van der Waals surface area contributed by atoms with Gasteiger partial charge in [-0.25, -0.2) is 13.2 Å². The SMILES string of the molecule is COCC(F)(CCCN)Cc1cc(F)ccc1F. The molecule has 1 aromatic rings. The fraction of sp³-hybridized carbons (Fsp3) is 0.538. The van der Waals surface area contributed by atoms with Crippen molar-refractivity contribution in [3.05, 3.63) is 35.4 Å². The quantitative estimate of drug-likeness (QED) is 0.818. The molecule has 0 saturated carbocycles. The molecule has 0 heterocycles. The molecule has 0 bridgehead atoms. The summed E-state index contributed by atoms with van der Waals surface area (Å²) in [5, 5.41) is 0. The van der Waals surface area contributed by atoms with Crippen molar-refractivity contribution in [3.63, 3.8) is 0 Å². The molecule has 0 aliphatic rings. The standard InChI is InChI=1S/C13H18F3NO/c1-18-9-13(16,5-2-6-17)8-10-7-11(14)3-4-12(10)15/h3-4,7H,2,5-6,8-9,17H2,1H3. The molecular weight excluding hydrogens is 243 g/mol. The van der Waals surface area contributed by atoms with E-state index in [0.29, 0.717) is 13.0 Å². The first-order valence-corrected chi connectivity index (χ1v) is 5.82. The Bertz CT molecular complexity index is 386. The van der Waals surface area contributed by atoms with E-state index >= 15 is 0 Å². The number of ether oxygens (including phenoxy) is 1. The Kier molecular flexibility index (Phi) is 5.62. The van der Waals surface area contributed by atoms with Gasteiger partial charge in [0, 0.05) is 13.5 Å². The molecule has 1 rings (SSSR count). The van der Waals surface area contributed by atoms with Crippen molar-refractivity contribution >= 4 is 0 Å². The predicted molar refractivity (Wildman–Crippen MR) is 64.1 cm³/mol. The number of benzene rings is 1. The van der Waals surface area contributed by atoms with Crippen LogP contribution in [0.25, 0.3) is 0 Å². The molecular formula is C13H18F3NO. The summed E-state index contributed by atoms with van der Waals surface area (Å²) >= 11 is 0. The molecule has 5 heteroatoms. The van der Waals surface area contributed by atoms with Gasteiger partial charge < -0.3 is 10.5 Å². The number of rotatable bonds is 7. The third kappa shape index (κ3) is 4.31. The Morgan fingerprint density at radius 1 is 1.33 bits per heavy atom. The monoisotopic (exact) mass is 261 g/mol. The van der Waals surface area contributed by atoms with E-state index in [4.69, 9.17) is 10.5 Å². The van der Waals surface area contributed by atoms with Gasteiger partial charge in [-0.1, -0.05) is 0 Å². The number of alkyl halides is 1. The molecule has 2 N–H and O–H groups in total. The van der Waals surface area contributed by atoms with E-state index in [1.807, 2.05) is 0 Å². The van der Waals surface area contributed by atoms with Gasteiger partial charge in [-0.05, 0) is 43.1 Å². The zero-order chi connectivity index (χ0) is 13.6. The van der Waals surface area contributed by atoms with Gasteiger partial charge in [0.05, 0.1) is 6.61 Å². The van der Waals surface area contributed by atoms with Gasteiger partial charge in [0.15, 0.2) is 0 Å². The van der Waals surface area contributed by atoms with Gasteiger partial charge in [0.25, 0.3) is 0 Å². The van der Waals surface area contributed by atoms with Crippen LogP contribution in [0.1, 0.15) is 18.4 Å². The highest BCUT2D eigenvalue weighted by atomic mass is 19.1. The van der Waals surface area contributed by atoms with Crippen LogP contribution in [0.5, 0.6) is 0 Å². The van der Waals surface area contributed by atoms with Gasteiger partial charge >= 0.3 is 0 Å². The summed E-state index contributed by atoms with van der Waals surface area (Å²) in [6.07, 6.45) is 0.411. The number of halogens is 3. The topological polar surface area (TPSA) is 35.2 Å². The maximum Gasteiger partial charge on any atom is 0.138 e. The maximum absolute atomic E-state index is 14.5. The summed E-state index contributed by atoms with van der Waals surface area (Å²) in [5.74, 6) is -1.19. The normalized spacial score (nSPS) is 14.5. The van der Waals surface area contributed by atoms with Crippen LogP contribution in [-0.2, 0) is 11.2 Å². The smallest absolute Gasteiger partial charge is 0.138 e. The lowest BCUT2D eigenvalue weighted by molar-refractivity contribution is 0.0328. The van der Waals surface area contributed by atoms with Gasteiger partial charge in [0.1, 0.15) is 17.3 Å². The lowest BCUT2D eigenvalue weighted by atomic mass is 9.92. The van der Waals surface area contributed by atoms with Gasteiger partial charge in [-0.3, -0.25) is 0 Å². The van der Waals surface area contributed by atoms with Crippen molar-refractivity contribution in [2.24, 2.45) is 5.73 Å². The first-order valence-electron chi connectivity index (χ1n) is 5.82. The van der Waals surface area contributed by atoms with Crippen molar-refractivity contribution in [3.8, 4) is 0 Å².